The highest BCUT2D eigenvalue weighted by Gasteiger charge is 2.16. The molecule has 0 fully saturated rings. The molecule has 78 valence electrons. The molecular formula is C12H19NO. The molecule has 0 radical (unpaired) electrons. The normalized spacial score (nSPS) is 14.0. The fourth-order valence-electron chi connectivity index (χ4n) is 1.41. The Morgan fingerprint density at radius 1 is 1.29 bits per heavy atom. The Hall–Kier alpha value is -1.02. The third kappa shape index (κ3) is 3.38. The van der Waals surface area contributed by atoms with Crippen LogP contribution < -0.4 is 5.73 Å². The zero-order chi connectivity index (χ0) is 10.8. The Morgan fingerprint density at radius 3 is 2.43 bits per heavy atom. The van der Waals surface area contributed by atoms with Crippen LogP contribution in [0.2, 0.25) is 0 Å². The van der Waals surface area contributed by atoms with Gasteiger partial charge in [0, 0.05) is 5.69 Å². The standard InChI is InChI=1S/C12H19NO/c1-9(14-12(2,3)4)10-6-5-7-11(13)8-10/h5-9H,13H2,1-4H3. The van der Waals surface area contributed by atoms with E-state index in [1.54, 1.807) is 0 Å². The van der Waals surface area contributed by atoms with Crippen molar-refractivity contribution in [2.24, 2.45) is 0 Å². The summed E-state index contributed by atoms with van der Waals surface area (Å²) in [7, 11) is 0. The molecule has 1 aromatic carbocycles. The highest BCUT2D eigenvalue weighted by molar-refractivity contribution is 5.41. The number of nitrogen functional groups attached to an aromatic ring is 1. The summed E-state index contributed by atoms with van der Waals surface area (Å²) in [6.45, 7) is 8.20. The van der Waals surface area contributed by atoms with Gasteiger partial charge >= 0.3 is 0 Å². The summed E-state index contributed by atoms with van der Waals surface area (Å²) in [5.74, 6) is 0. The first-order valence-electron chi connectivity index (χ1n) is 4.92. The minimum absolute atomic E-state index is 0.0819. The lowest BCUT2D eigenvalue weighted by molar-refractivity contribution is -0.0529. The van der Waals surface area contributed by atoms with Crippen LogP contribution in [0.5, 0.6) is 0 Å². The first-order chi connectivity index (χ1) is 6.38. The molecule has 0 spiro atoms. The van der Waals surface area contributed by atoms with E-state index < -0.39 is 0 Å². The van der Waals surface area contributed by atoms with Crippen molar-refractivity contribution in [2.75, 3.05) is 5.73 Å². The molecule has 0 aliphatic heterocycles. The Balaban J connectivity index is 2.74. The van der Waals surface area contributed by atoms with Crippen LogP contribution in [0.1, 0.15) is 39.4 Å². The van der Waals surface area contributed by atoms with E-state index in [0.29, 0.717) is 0 Å². The van der Waals surface area contributed by atoms with Gasteiger partial charge in [-0.1, -0.05) is 12.1 Å². The van der Waals surface area contributed by atoms with Crippen molar-refractivity contribution in [2.45, 2.75) is 39.4 Å². The van der Waals surface area contributed by atoms with Crippen molar-refractivity contribution >= 4 is 5.69 Å². The quantitative estimate of drug-likeness (QED) is 0.732. The second-order valence-electron chi connectivity index (χ2n) is 4.54. The molecular weight excluding hydrogens is 174 g/mol. The summed E-state index contributed by atoms with van der Waals surface area (Å²) in [6.07, 6.45) is 0.0819. The molecule has 1 rings (SSSR count). The number of benzene rings is 1. The number of hydrogen-bond donors (Lipinski definition) is 1. The van der Waals surface area contributed by atoms with Crippen molar-refractivity contribution in [3.05, 3.63) is 29.8 Å². The van der Waals surface area contributed by atoms with Crippen LogP contribution in [0, 0.1) is 0 Å². The second kappa shape index (κ2) is 4.01. The van der Waals surface area contributed by atoms with Gasteiger partial charge in [-0.05, 0) is 45.4 Å². The molecule has 0 heterocycles. The predicted molar refractivity (Wildman–Crippen MR) is 60.1 cm³/mol. The molecule has 0 saturated carbocycles. The summed E-state index contributed by atoms with van der Waals surface area (Å²) >= 11 is 0. The number of nitrogens with two attached hydrogens (primary N) is 1. The van der Waals surface area contributed by atoms with Crippen LogP contribution in [-0.2, 0) is 4.74 Å². The smallest absolute Gasteiger partial charge is 0.0804 e. The molecule has 2 heteroatoms. The molecule has 1 unspecified atom stereocenters. The van der Waals surface area contributed by atoms with Crippen LogP contribution in [0.4, 0.5) is 5.69 Å². The molecule has 1 aromatic rings. The molecule has 0 bridgehead atoms. The SMILES string of the molecule is CC(OC(C)(C)C)c1cccc(N)c1. The average molecular weight is 193 g/mol. The van der Waals surface area contributed by atoms with Gasteiger partial charge in [-0.2, -0.15) is 0 Å². The largest absolute Gasteiger partial charge is 0.399 e. The third-order valence-corrected chi connectivity index (χ3v) is 1.91. The number of hydrogen-bond acceptors (Lipinski definition) is 2. The zero-order valence-corrected chi connectivity index (χ0v) is 9.37. The Bertz CT molecular complexity index is 301. The minimum Gasteiger partial charge on any atom is -0.399 e. The first kappa shape index (κ1) is 11.1. The number of rotatable bonds is 2. The first-order valence-corrected chi connectivity index (χ1v) is 4.92. The van der Waals surface area contributed by atoms with E-state index in [4.69, 9.17) is 10.5 Å². The summed E-state index contributed by atoms with van der Waals surface area (Å²) in [5, 5.41) is 0. The van der Waals surface area contributed by atoms with Gasteiger partial charge in [0.15, 0.2) is 0 Å². The maximum absolute atomic E-state index is 5.82. The predicted octanol–water partition coefficient (Wildman–Crippen LogP) is 3.14. The van der Waals surface area contributed by atoms with Gasteiger partial charge in [-0.25, -0.2) is 0 Å². The van der Waals surface area contributed by atoms with E-state index >= 15 is 0 Å². The molecule has 2 N–H and O–H groups in total. The minimum atomic E-state index is -0.121. The summed E-state index contributed by atoms with van der Waals surface area (Å²) in [5.41, 5.74) is 7.49. The van der Waals surface area contributed by atoms with Crippen LogP contribution >= 0.6 is 0 Å². The Morgan fingerprint density at radius 2 is 1.93 bits per heavy atom. The van der Waals surface area contributed by atoms with Crippen molar-refractivity contribution in [1.29, 1.82) is 0 Å². The average Bonchev–Trinajstić information content (AvgIpc) is 2.01. The lowest BCUT2D eigenvalue weighted by Gasteiger charge is -2.25. The van der Waals surface area contributed by atoms with Gasteiger partial charge in [0.1, 0.15) is 0 Å². The van der Waals surface area contributed by atoms with Gasteiger partial charge in [-0.15, -0.1) is 0 Å². The van der Waals surface area contributed by atoms with E-state index in [1.165, 1.54) is 0 Å². The van der Waals surface area contributed by atoms with Crippen molar-refractivity contribution in [3.8, 4) is 0 Å². The molecule has 0 aromatic heterocycles. The highest BCUT2D eigenvalue weighted by Crippen LogP contribution is 2.24. The van der Waals surface area contributed by atoms with E-state index in [2.05, 4.69) is 20.8 Å². The summed E-state index contributed by atoms with van der Waals surface area (Å²) in [4.78, 5) is 0. The van der Waals surface area contributed by atoms with E-state index in [9.17, 15) is 0 Å². The van der Waals surface area contributed by atoms with E-state index in [1.807, 2.05) is 31.2 Å². The molecule has 0 aliphatic rings. The monoisotopic (exact) mass is 193 g/mol. The lowest BCUT2D eigenvalue weighted by Crippen LogP contribution is -2.21. The molecule has 14 heavy (non-hydrogen) atoms. The third-order valence-electron chi connectivity index (χ3n) is 1.91. The van der Waals surface area contributed by atoms with Crippen molar-refractivity contribution in [3.63, 3.8) is 0 Å². The van der Waals surface area contributed by atoms with Crippen LogP contribution in [0.25, 0.3) is 0 Å². The fraction of sp³-hybridized carbons (Fsp3) is 0.500. The van der Waals surface area contributed by atoms with Gasteiger partial charge < -0.3 is 10.5 Å². The van der Waals surface area contributed by atoms with Gasteiger partial charge in [0.2, 0.25) is 0 Å². The Kier molecular flexibility index (Phi) is 3.17. The second-order valence-corrected chi connectivity index (χ2v) is 4.54. The van der Waals surface area contributed by atoms with Crippen LogP contribution in [0.3, 0.4) is 0 Å². The fourth-order valence-corrected chi connectivity index (χ4v) is 1.41. The maximum atomic E-state index is 5.82. The molecule has 1 atom stereocenters. The van der Waals surface area contributed by atoms with Crippen LogP contribution in [0.15, 0.2) is 24.3 Å². The topological polar surface area (TPSA) is 35.2 Å². The van der Waals surface area contributed by atoms with Gasteiger partial charge in [0.05, 0.1) is 11.7 Å². The maximum Gasteiger partial charge on any atom is 0.0804 e. The van der Waals surface area contributed by atoms with Crippen LogP contribution in [-0.4, -0.2) is 5.60 Å². The number of anilines is 1. The molecule has 2 nitrogen and oxygen atoms in total. The highest BCUT2D eigenvalue weighted by atomic mass is 16.5. The Labute approximate surface area is 86.1 Å². The molecule has 0 amide bonds. The lowest BCUT2D eigenvalue weighted by atomic mass is 10.1. The molecule has 0 saturated heterocycles. The molecule has 0 aliphatic carbocycles. The van der Waals surface area contributed by atoms with E-state index in [-0.39, 0.29) is 11.7 Å². The van der Waals surface area contributed by atoms with Gasteiger partial charge in [0.25, 0.3) is 0 Å². The summed E-state index contributed by atoms with van der Waals surface area (Å²) < 4.78 is 5.82. The zero-order valence-electron chi connectivity index (χ0n) is 9.37. The van der Waals surface area contributed by atoms with Crippen molar-refractivity contribution in [1.82, 2.24) is 0 Å². The van der Waals surface area contributed by atoms with Gasteiger partial charge in [-0.3, -0.25) is 0 Å². The van der Waals surface area contributed by atoms with Crippen molar-refractivity contribution < 1.29 is 4.74 Å². The number of ether oxygens (including phenoxy) is 1. The summed E-state index contributed by atoms with van der Waals surface area (Å²) in [6, 6.07) is 7.82. The van der Waals surface area contributed by atoms with E-state index in [0.717, 1.165) is 11.3 Å².